The van der Waals surface area contributed by atoms with Crippen LogP contribution in [0.25, 0.3) is 0 Å². The lowest BCUT2D eigenvalue weighted by Gasteiger charge is -2.14. The van der Waals surface area contributed by atoms with Crippen LogP contribution in [0.2, 0.25) is 0 Å². The topological polar surface area (TPSA) is 64.4 Å². The molecule has 104 valence electrons. The predicted octanol–water partition coefficient (Wildman–Crippen LogP) is 1.76. The number of carbonyl (C=O) groups is 1. The first-order valence-corrected chi connectivity index (χ1v) is 6.97. The van der Waals surface area contributed by atoms with E-state index in [0.29, 0.717) is 19.3 Å². The van der Waals surface area contributed by atoms with Crippen molar-refractivity contribution in [2.24, 2.45) is 5.73 Å². The smallest absolute Gasteiger partial charge is 0.241 e. The number of carbonyl (C=O) groups excluding carboxylic acids is 1. The largest absolute Gasteiger partial charge is 0.376 e. The molecule has 19 heavy (non-hydrogen) atoms. The molecular weight excluding hydrogens is 240 g/mol. The molecule has 1 unspecified atom stereocenters. The number of nitrogens with two attached hydrogens (primary N) is 1. The maximum atomic E-state index is 11.8. The van der Waals surface area contributed by atoms with Crippen molar-refractivity contribution < 1.29 is 9.53 Å². The molecule has 1 amide bonds. The minimum atomic E-state index is -0.604. The van der Waals surface area contributed by atoms with Gasteiger partial charge in [0.1, 0.15) is 6.04 Å². The van der Waals surface area contributed by atoms with E-state index in [-0.39, 0.29) is 5.91 Å². The highest BCUT2D eigenvalue weighted by Gasteiger charge is 2.16. The maximum Gasteiger partial charge on any atom is 0.241 e. The Hall–Kier alpha value is -1.39. The van der Waals surface area contributed by atoms with Gasteiger partial charge in [-0.25, -0.2) is 0 Å². The zero-order valence-electron chi connectivity index (χ0n) is 11.2. The third-order valence-corrected chi connectivity index (χ3v) is 3.50. The summed E-state index contributed by atoms with van der Waals surface area (Å²) in [5, 5.41) is 2.82. The van der Waals surface area contributed by atoms with Crippen molar-refractivity contribution in [1.29, 1.82) is 0 Å². The highest BCUT2D eigenvalue weighted by atomic mass is 16.5. The van der Waals surface area contributed by atoms with E-state index in [1.165, 1.54) is 12.8 Å². The molecule has 0 bridgehead atoms. The van der Waals surface area contributed by atoms with Crippen LogP contribution in [0.5, 0.6) is 0 Å². The molecule has 4 heteroatoms. The van der Waals surface area contributed by atoms with Crippen molar-refractivity contribution in [1.82, 2.24) is 5.32 Å². The summed E-state index contributed by atoms with van der Waals surface area (Å²) in [5.41, 5.74) is 6.72. The molecule has 1 aliphatic carbocycles. The molecule has 0 spiro atoms. The van der Waals surface area contributed by atoms with Crippen LogP contribution < -0.4 is 11.1 Å². The molecule has 0 aromatic heterocycles. The van der Waals surface area contributed by atoms with Gasteiger partial charge in [0.15, 0.2) is 0 Å². The van der Waals surface area contributed by atoms with Crippen LogP contribution in [0.3, 0.4) is 0 Å². The summed E-state index contributed by atoms with van der Waals surface area (Å²) in [6, 6.07) is 8.78. The standard InChI is InChI=1S/C15H22N2O2/c16-14(12-6-2-1-3-7-12)15(18)17-10-11-19-13-8-4-5-9-13/h1-3,6-7,13-14H,4-5,8-11,16H2,(H,17,18). The Morgan fingerprint density at radius 3 is 2.68 bits per heavy atom. The van der Waals surface area contributed by atoms with Crippen LogP contribution in [-0.2, 0) is 9.53 Å². The van der Waals surface area contributed by atoms with Gasteiger partial charge in [-0.15, -0.1) is 0 Å². The van der Waals surface area contributed by atoms with Gasteiger partial charge in [-0.3, -0.25) is 4.79 Å². The van der Waals surface area contributed by atoms with Crippen LogP contribution in [-0.4, -0.2) is 25.2 Å². The van der Waals surface area contributed by atoms with E-state index in [1.807, 2.05) is 30.3 Å². The zero-order chi connectivity index (χ0) is 13.5. The lowest BCUT2D eigenvalue weighted by Crippen LogP contribution is -2.36. The average molecular weight is 262 g/mol. The van der Waals surface area contributed by atoms with Gasteiger partial charge in [-0.2, -0.15) is 0 Å². The highest BCUT2D eigenvalue weighted by Crippen LogP contribution is 2.20. The normalized spacial score (nSPS) is 17.3. The number of benzene rings is 1. The monoisotopic (exact) mass is 262 g/mol. The quantitative estimate of drug-likeness (QED) is 0.768. The van der Waals surface area contributed by atoms with Gasteiger partial charge in [0.25, 0.3) is 0 Å². The molecule has 0 radical (unpaired) electrons. The van der Waals surface area contributed by atoms with E-state index in [2.05, 4.69) is 5.32 Å². The van der Waals surface area contributed by atoms with Gasteiger partial charge >= 0.3 is 0 Å². The molecule has 1 aromatic carbocycles. The summed E-state index contributed by atoms with van der Waals surface area (Å²) in [6.07, 6.45) is 5.21. The summed E-state index contributed by atoms with van der Waals surface area (Å²) < 4.78 is 5.68. The number of amides is 1. The zero-order valence-corrected chi connectivity index (χ0v) is 11.2. The third-order valence-electron chi connectivity index (χ3n) is 3.50. The highest BCUT2D eigenvalue weighted by molar-refractivity contribution is 5.82. The minimum Gasteiger partial charge on any atom is -0.376 e. The molecule has 2 rings (SSSR count). The molecule has 1 saturated carbocycles. The van der Waals surface area contributed by atoms with Crippen molar-refractivity contribution >= 4 is 5.91 Å². The van der Waals surface area contributed by atoms with Crippen LogP contribution in [0.4, 0.5) is 0 Å². The minimum absolute atomic E-state index is 0.152. The number of nitrogens with one attached hydrogen (secondary N) is 1. The van der Waals surface area contributed by atoms with Crippen molar-refractivity contribution in [3.05, 3.63) is 35.9 Å². The van der Waals surface area contributed by atoms with Crippen LogP contribution >= 0.6 is 0 Å². The summed E-state index contributed by atoms with van der Waals surface area (Å²) >= 11 is 0. The van der Waals surface area contributed by atoms with Crippen LogP contribution in [0.15, 0.2) is 30.3 Å². The second-order valence-corrected chi connectivity index (χ2v) is 4.96. The second kappa shape index (κ2) is 7.26. The summed E-state index contributed by atoms with van der Waals surface area (Å²) in [6.45, 7) is 1.09. The van der Waals surface area contributed by atoms with E-state index >= 15 is 0 Å². The maximum absolute atomic E-state index is 11.8. The van der Waals surface area contributed by atoms with E-state index in [1.54, 1.807) is 0 Å². The number of ether oxygens (including phenoxy) is 1. The van der Waals surface area contributed by atoms with Gasteiger partial charge in [-0.05, 0) is 18.4 Å². The Morgan fingerprint density at radius 2 is 2.00 bits per heavy atom. The number of hydrogen-bond donors (Lipinski definition) is 2. The first kappa shape index (κ1) is 14.0. The SMILES string of the molecule is NC(C(=O)NCCOC1CCCC1)c1ccccc1. The van der Waals surface area contributed by atoms with Gasteiger partial charge in [0.2, 0.25) is 5.91 Å². The molecule has 1 aromatic rings. The van der Waals surface area contributed by atoms with Gasteiger partial charge in [0.05, 0.1) is 12.7 Å². The number of hydrogen-bond acceptors (Lipinski definition) is 3. The Kier molecular flexibility index (Phi) is 5.36. The van der Waals surface area contributed by atoms with Crippen molar-refractivity contribution in [3.8, 4) is 0 Å². The Balaban J connectivity index is 1.66. The van der Waals surface area contributed by atoms with Crippen LogP contribution in [0, 0.1) is 0 Å². The van der Waals surface area contributed by atoms with Gasteiger partial charge in [0, 0.05) is 6.54 Å². The molecule has 0 aliphatic heterocycles. The Labute approximate surface area is 114 Å². The first-order chi connectivity index (χ1) is 9.27. The van der Waals surface area contributed by atoms with E-state index in [9.17, 15) is 4.79 Å². The van der Waals surface area contributed by atoms with E-state index in [0.717, 1.165) is 18.4 Å². The summed E-state index contributed by atoms with van der Waals surface area (Å²) in [5.74, 6) is -0.152. The summed E-state index contributed by atoms with van der Waals surface area (Å²) in [7, 11) is 0. The summed E-state index contributed by atoms with van der Waals surface area (Å²) in [4.78, 5) is 11.8. The Bertz CT molecular complexity index is 388. The average Bonchev–Trinajstić information content (AvgIpc) is 2.96. The number of rotatable bonds is 6. The molecule has 3 N–H and O–H groups in total. The van der Waals surface area contributed by atoms with Gasteiger partial charge in [-0.1, -0.05) is 43.2 Å². The Morgan fingerprint density at radius 1 is 1.32 bits per heavy atom. The van der Waals surface area contributed by atoms with Crippen LogP contribution in [0.1, 0.15) is 37.3 Å². The van der Waals surface area contributed by atoms with Crippen molar-refractivity contribution in [2.45, 2.75) is 37.8 Å². The van der Waals surface area contributed by atoms with Gasteiger partial charge < -0.3 is 15.8 Å². The van der Waals surface area contributed by atoms with Crippen molar-refractivity contribution in [2.75, 3.05) is 13.2 Å². The van der Waals surface area contributed by atoms with E-state index < -0.39 is 6.04 Å². The molecule has 1 fully saturated rings. The first-order valence-electron chi connectivity index (χ1n) is 6.97. The second-order valence-electron chi connectivity index (χ2n) is 4.96. The molecule has 4 nitrogen and oxygen atoms in total. The molecule has 0 heterocycles. The predicted molar refractivity (Wildman–Crippen MR) is 74.6 cm³/mol. The van der Waals surface area contributed by atoms with E-state index in [4.69, 9.17) is 10.5 Å². The molecule has 1 aliphatic rings. The lowest BCUT2D eigenvalue weighted by atomic mass is 10.1. The molecular formula is C15H22N2O2. The molecule has 0 saturated heterocycles. The lowest BCUT2D eigenvalue weighted by molar-refractivity contribution is -0.122. The fourth-order valence-electron chi connectivity index (χ4n) is 2.38. The van der Waals surface area contributed by atoms with Crippen molar-refractivity contribution in [3.63, 3.8) is 0 Å². The fourth-order valence-corrected chi connectivity index (χ4v) is 2.38. The third kappa shape index (κ3) is 4.33. The fraction of sp³-hybridized carbons (Fsp3) is 0.533. The molecule has 1 atom stereocenters.